The SMILES string of the molecule is CC1CN(C(=O)C(C)(NC(=O)OCC2c3ccccc3-c3ccccc32)C2CC2)CC1CC(=O)O. The monoisotopic (exact) mass is 476 g/mol. The Bertz CT molecular complexity index is 1110. The highest BCUT2D eigenvalue weighted by Crippen LogP contribution is 2.45. The van der Waals surface area contributed by atoms with E-state index in [9.17, 15) is 19.5 Å². The molecular weight excluding hydrogens is 444 g/mol. The van der Waals surface area contributed by atoms with E-state index in [0.29, 0.717) is 13.1 Å². The Morgan fingerprint density at radius 2 is 1.63 bits per heavy atom. The number of likely N-dealkylation sites (tertiary alicyclic amines) is 1. The van der Waals surface area contributed by atoms with Gasteiger partial charge in [-0.15, -0.1) is 0 Å². The number of aliphatic carboxylic acids is 1. The van der Waals surface area contributed by atoms with Crippen LogP contribution in [0.3, 0.4) is 0 Å². The smallest absolute Gasteiger partial charge is 0.408 e. The van der Waals surface area contributed by atoms with Crippen LogP contribution in [-0.2, 0) is 14.3 Å². The average molecular weight is 477 g/mol. The Morgan fingerprint density at radius 1 is 1.03 bits per heavy atom. The van der Waals surface area contributed by atoms with E-state index in [1.54, 1.807) is 11.8 Å². The minimum Gasteiger partial charge on any atom is -0.481 e. The largest absolute Gasteiger partial charge is 0.481 e. The van der Waals surface area contributed by atoms with Crippen LogP contribution in [0.1, 0.15) is 50.2 Å². The number of nitrogens with one attached hydrogen (secondary N) is 1. The lowest BCUT2D eigenvalue weighted by atomic mass is 9.94. The van der Waals surface area contributed by atoms with Gasteiger partial charge in [-0.2, -0.15) is 0 Å². The summed E-state index contributed by atoms with van der Waals surface area (Å²) in [4.78, 5) is 39.5. The van der Waals surface area contributed by atoms with Crippen LogP contribution >= 0.6 is 0 Å². The van der Waals surface area contributed by atoms with Crippen LogP contribution in [0.5, 0.6) is 0 Å². The molecule has 7 heteroatoms. The van der Waals surface area contributed by atoms with Crippen molar-refractivity contribution in [2.75, 3.05) is 19.7 Å². The highest BCUT2D eigenvalue weighted by atomic mass is 16.5. The summed E-state index contributed by atoms with van der Waals surface area (Å²) in [7, 11) is 0. The van der Waals surface area contributed by atoms with E-state index in [4.69, 9.17) is 4.74 Å². The van der Waals surface area contributed by atoms with Gasteiger partial charge in [-0.25, -0.2) is 4.79 Å². The van der Waals surface area contributed by atoms with E-state index in [0.717, 1.165) is 35.1 Å². The van der Waals surface area contributed by atoms with Gasteiger partial charge in [0, 0.05) is 19.0 Å². The first-order valence-corrected chi connectivity index (χ1v) is 12.4. The van der Waals surface area contributed by atoms with Crippen molar-refractivity contribution in [3.8, 4) is 11.1 Å². The van der Waals surface area contributed by atoms with Gasteiger partial charge in [0.1, 0.15) is 12.1 Å². The lowest BCUT2D eigenvalue weighted by Gasteiger charge is -2.33. The van der Waals surface area contributed by atoms with Crippen LogP contribution in [0.25, 0.3) is 11.1 Å². The van der Waals surface area contributed by atoms with E-state index in [-0.39, 0.29) is 42.6 Å². The van der Waals surface area contributed by atoms with Gasteiger partial charge in [0.25, 0.3) is 0 Å². The van der Waals surface area contributed by atoms with Gasteiger partial charge >= 0.3 is 12.1 Å². The predicted molar refractivity (Wildman–Crippen MR) is 131 cm³/mol. The quantitative estimate of drug-likeness (QED) is 0.622. The third-order valence-corrected chi connectivity index (χ3v) is 8.04. The molecule has 0 aromatic heterocycles. The fourth-order valence-electron chi connectivity index (χ4n) is 5.86. The molecule has 0 radical (unpaired) electrons. The summed E-state index contributed by atoms with van der Waals surface area (Å²) in [5.74, 6) is -0.954. The minimum absolute atomic E-state index is 0.0465. The Morgan fingerprint density at radius 3 is 2.20 bits per heavy atom. The normalized spacial score (nSPS) is 22.7. The summed E-state index contributed by atoms with van der Waals surface area (Å²) in [5.41, 5.74) is 3.54. The molecular formula is C28H32N2O5. The van der Waals surface area contributed by atoms with Crippen molar-refractivity contribution in [1.29, 1.82) is 0 Å². The lowest BCUT2D eigenvalue weighted by molar-refractivity contribution is -0.140. The molecule has 1 heterocycles. The zero-order chi connectivity index (χ0) is 24.7. The molecule has 3 unspecified atom stereocenters. The number of fused-ring (bicyclic) bond motifs is 3. The Hall–Kier alpha value is -3.35. The van der Waals surface area contributed by atoms with Crippen molar-refractivity contribution in [2.24, 2.45) is 17.8 Å². The van der Waals surface area contributed by atoms with Crippen molar-refractivity contribution in [1.82, 2.24) is 10.2 Å². The first-order valence-electron chi connectivity index (χ1n) is 12.4. The number of carbonyl (C=O) groups is 3. The third kappa shape index (κ3) is 4.40. The summed E-state index contributed by atoms with van der Waals surface area (Å²) in [5, 5.41) is 12.1. The maximum Gasteiger partial charge on any atom is 0.408 e. The fourth-order valence-corrected chi connectivity index (χ4v) is 5.86. The van der Waals surface area contributed by atoms with Gasteiger partial charge in [-0.05, 0) is 59.8 Å². The summed E-state index contributed by atoms with van der Waals surface area (Å²) in [6, 6.07) is 16.3. The molecule has 5 rings (SSSR count). The Balaban J connectivity index is 1.26. The number of hydrogen-bond donors (Lipinski definition) is 2. The molecule has 2 amide bonds. The second-order valence-corrected chi connectivity index (χ2v) is 10.5. The van der Waals surface area contributed by atoms with E-state index in [2.05, 4.69) is 29.6 Å². The molecule has 35 heavy (non-hydrogen) atoms. The molecule has 7 nitrogen and oxygen atoms in total. The molecule has 1 saturated carbocycles. The van der Waals surface area contributed by atoms with E-state index in [1.165, 1.54) is 0 Å². The number of carbonyl (C=O) groups excluding carboxylic acids is 2. The van der Waals surface area contributed by atoms with E-state index >= 15 is 0 Å². The third-order valence-electron chi connectivity index (χ3n) is 8.04. The molecule has 184 valence electrons. The van der Waals surface area contributed by atoms with Crippen LogP contribution in [0.4, 0.5) is 4.79 Å². The van der Waals surface area contributed by atoms with Crippen LogP contribution in [0.15, 0.2) is 48.5 Å². The molecule has 0 spiro atoms. The summed E-state index contributed by atoms with van der Waals surface area (Å²) >= 11 is 0. The molecule has 2 aromatic carbocycles. The first kappa shape index (κ1) is 23.4. The highest BCUT2D eigenvalue weighted by molar-refractivity contribution is 5.90. The molecule has 3 atom stereocenters. The number of rotatable bonds is 7. The standard InChI is InChI=1S/C28H32N2O5/c1-17-14-30(15-18(17)13-25(31)32)26(33)28(2,19-11-12-19)29-27(34)35-16-24-22-9-5-3-7-20(22)21-8-4-6-10-23(21)24/h3-10,17-19,24H,11-16H2,1-2H3,(H,29,34)(H,31,32). The molecule has 3 aliphatic rings. The molecule has 2 N–H and O–H groups in total. The maximum atomic E-state index is 13.6. The molecule has 1 aliphatic heterocycles. The van der Waals surface area contributed by atoms with Crippen molar-refractivity contribution >= 4 is 18.0 Å². The van der Waals surface area contributed by atoms with Gasteiger partial charge < -0.3 is 20.1 Å². The zero-order valence-electron chi connectivity index (χ0n) is 20.2. The number of carboxylic acid groups (broad SMARTS) is 1. The molecule has 2 fully saturated rings. The fraction of sp³-hybridized carbons (Fsp3) is 0.464. The Kier molecular flexibility index (Phi) is 6.03. The second kappa shape index (κ2) is 9.02. The summed E-state index contributed by atoms with van der Waals surface area (Å²) in [6.07, 6.45) is 1.19. The van der Waals surface area contributed by atoms with Crippen molar-refractivity contribution < 1.29 is 24.2 Å². The van der Waals surface area contributed by atoms with Gasteiger partial charge in [-0.1, -0.05) is 55.5 Å². The number of amides is 2. The molecule has 2 aromatic rings. The summed E-state index contributed by atoms with van der Waals surface area (Å²) < 4.78 is 5.72. The molecule has 2 aliphatic carbocycles. The van der Waals surface area contributed by atoms with Gasteiger partial charge in [-0.3, -0.25) is 9.59 Å². The van der Waals surface area contributed by atoms with Crippen molar-refractivity contribution in [2.45, 2.75) is 44.6 Å². The first-order chi connectivity index (χ1) is 16.8. The summed E-state index contributed by atoms with van der Waals surface area (Å²) in [6.45, 7) is 4.86. The van der Waals surface area contributed by atoms with Gasteiger partial charge in [0.05, 0.1) is 6.42 Å². The van der Waals surface area contributed by atoms with Crippen molar-refractivity contribution in [3.63, 3.8) is 0 Å². The van der Waals surface area contributed by atoms with E-state index < -0.39 is 17.6 Å². The number of benzene rings is 2. The number of nitrogens with zero attached hydrogens (tertiary/aromatic N) is 1. The average Bonchev–Trinajstić information content (AvgIpc) is 3.57. The van der Waals surface area contributed by atoms with Gasteiger partial charge in [0.15, 0.2) is 0 Å². The molecule has 0 bridgehead atoms. The number of ether oxygens (including phenoxy) is 1. The maximum absolute atomic E-state index is 13.6. The zero-order valence-corrected chi connectivity index (χ0v) is 20.2. The number of hydrogen-bond acceptors (Lipinski definition) is 4. The van der Waals surface area contributed by atoms with Crippen LogP contribution in [0.2, 0.25) is 0 Å². The predicted octanol–water partition coefficient (Wildman–Crippen LogP) is 4.26. The van der Waals surface area contributed by atoms with E-state index in [1.807, 2.05) is 31.2 Å². The minimum atomic E-state index is -1.06. The van der Waals surface area contributed by atoms with Crippen LogP contribution in [0, 0.1) is 17.8 Å². The van der Waals surface area contributed by atoms with Crippen LogP contribution in [-0.4, -0.2) is 53.2 Å². The second-order valence-electron chi connectivity index (χ2n) is 10.5. The molecule has 1 saturated heterocycles. The van der Waals surface area contributed by atoms with Crippen molar-refractivity contribution in [3.05, 3.63) is 59.7 Å². The Labute approximate surface area is 205 Å². The number of alkyl carbamates (subject to hydrolysis) is 1. The lowest BCUT2D eigenvalue weighted by Crippen LogP contribution is -2.59. The highest BCUT2D eigenvalue weighted by Gasteiger charge is 2.52. The van der Waals surface area contributed by atoms with Crippen LogP contribution < -0.4 is 5.32 Å². The van der Waals surface area contributed by atoms with Gasteiger partial charge in [0.2, 0.25) is 5.91 Å². The topological polar surface area (TPSA) is 95.9 Å². The number of carboxylic acids is 1.